The van der Waals surface area contributed by atoms with Gasteiger partial charge in [0.15, 0.2) is 0 Å². The Labute approximate surface area is 203 Å². The van der Waals surface area contributed by atoms with E-state index in [0.717, 1.165) is 24.1 Å². The minimum Gasteiger partial charge on any atom is -0.338 e. The maximum atomic E-state index is 12.7. The largest absolute Gasteiger partial charge is 0.338 e. The first-order chi connectivity index (χ1) is 16.2. The Bertz CT molecular complexity index is 1320. The van der Waals surface area contributed by atoms with Gasteiger partial charge in [-0.25, -0.2) is 8.42 Å². The lowest BCUT2D eigenvalue weighted by molar-refractivity contribution is -0.128. The highest BCUT2D eigenvalue weighted by Crippen LogP contribution is 2.23. The van der Waals surface area contributed by atoms with Crippen molar-refractivity contribution in [2.45, 2.75) is 31.2 Å². The summed E-state index contributed by atoms with van der Waals surface area (Å²) in [6.07, 6.45) is 1.48. The zero-order valence-electron chi connectivity index (χ0n) is 18.5. The molecule has 0 aromatic heterocycles. The van der Waals surface area contributed by atoms with Gasteiger partial charge in [-0.15, -0.1) is 0 Å². The van der Waals surface area contributed by atoms with Crippen LogP contribution in [-0.2, 0) is 21.4 Å². The number of carbonyl (C=O) groups is 2. The van der Waals surface area contributed by atoms with Crippen molar-refractivity contribution in [1.82, 2.24) is 4.90 Å². The van der Waals surface area contributed by atoms with Gasteiger partial charge in [0.25, 0.3) is 15.9 Å². The molecule has 0 aliphatic carbocycles. The van der Waals surface area contributed by atoms with Crippen molar-refractivity contribution in [1.29, 1.82) is 0 Å². The van der Waals surface area contributed by atoms with E-state index in [0.29, 0.717) is 34.9 Å². The third kappa shape index (κ3) is 5.58. The summed E-state index contributed by atoms with van der Waals surface area (Å²) in [7, 11) is -3.81. The van der Waals surface area contributed by atoms with Gasteiger partial charge in [0.1, 0.15) is 0 Å². The molecular weight excluding hydrogens is 474 g/mol. The zero-order valence-corrected chi connectivity index (χ0v) is 20.1. The maximum Gasteiger partial charge on any atom is 0.261 e. The van der Waals surface area contributed by atoms with Crippen molar-refractivity contribution >= 4 is 44.8 Å². The van der Waals surface area contributed by atoms with Crippen LogP contribution >= 0.6 is 11.6 Å². The van der Waals surface area contributed by atoms with E-state index in [4.69, 9.17) is 11.6 Å². The molecule has 1 heterocycles. The number of halogens is 1. The lowest BCUT2D eigenvalue weighted by Gasteiger charge is -2.15. The van der Waals surface area contributed by atoms with Gasteiger partial charge >= 0.3 is 0 Å². The smallest absolute Gasteiger partial charge is 0.261 e. The van der Waals surface area contributed by atoms with Crippen molar-refractivity contribution < 1.29 is 18.0 Å². The lowest BCUT2D eigenvalue weighted by atomic mass is 10.1. The SMILES string of the molecule is Cc1ccc(NS(=O)(=O)c2ccc(NC(=O)c3ccc(CN4CCCC4=O)cc3)cc2)cc1Cl. The van der Waals surface area contributed by atoms with E-state index in [1.807, 2.05) is 24.0 Å². The van der Waals surface area contributed by atoms with Crippen LogP contribution in [0, 0.1) is 6.92 Å². The van der Waals surface area contributed by atoms with Gasteiger partial charge in [-0.1, -0.05) is 29.8 Å². The van der Waals surface area contributed by atoms with Crippen LogP contribution in [0.25, 0.3) is 0 Å². The van der Waals surface area contributed by atoms with Crippen molar-refractivity contribution in [3.05, 3.63) is 88.4 Å². The first-order valence-corrected chi connectivity index (χ1v) is 12.6. The van der Waals surface area contributed by atoms with Crippen LogP contribution in [0.4, 0.5) is 11.4 Å². The molecule has 3 aromatic rings. The maximum absolute atomic E-state index is 12.7. The van der Waals surface area contributed by atoms with Crippen molar-refractivity contribution in [2.24, 2.45) is 0 Å². The van der Waals surface area contributed by atoms with Crippen LogP contribution in [0.1, 0.15) is 34.3 Å². The molecule has 1 aliphatic heterocycles. The topological polar surface area (TPSA) is 95.6 Å². The highest BCUT2D eigenvalue weighted by molar-refractivity contribution is 7.92. The second-order valence-corrected chi connectivity index (χ2v) is 10.3. The number of likely N-dealkylation sites (tertiary alicyclic amines) is 1. The quantitative estimate of drug-likeness (QED) is 0.489. The summed E-state index contributed by atoms with van der Waals surface area (Å²) in [4.78, 5) is 26.2. The second kappa shape index (κ2) is 9.87. The molecule has 0 atom stereocenters. The molecule has 1 saturated heterocycles. The van der Waals surface area contributed by atoms with E-state index in [-0.39, 0.29) is 16.7 Å². The lowest BCUT2D eigenvalue weighted by Crippen LogP contribution is -2.23. The number of nitrogens with zero attached hydrogens (tertiary/aromatic N) is 1. The number of amides is 2. The van der Waals surface area contributed by atoms with Crippen LogP contribution in [0.15, 0.2) is 71.6 Å². The number of anilines is 2. The van der Waals surface area contributed by atoms with Crippen LogP contribution in [-0.4, -0.2) is 31.7 Å². The van der Waals surface area contributed by atoms with Gasteiger partial charge < -0.3 is 10.2 Å². The third-order valence-corrected chi connectivity index (χ3v) is 7.41. The number of rotatable bonds is 7. The highest BCUT2D eigenvalue weighted by Gasteiger charge is 2.20. The van der Waals surface area contributed by atoms with Crippen LogP contribution in [0.3, 0.4) is 0 Å². The number of nitrogens with one attached hydrogen (secondary N) is 2. The summed E-state index contributed by atoms with van der Waals surface area (Å²) in [6.45, 7) is 3.14. The predicted octanol–water partition coefficient (Wildman–Crippen LogP) is 4.82. The fraction of sp³-hybridized carbons (Fsp3) is 0.200. The summed E-state index contributed by atoms with van der Waals surface area (Å²) in [6, 6.07) is 17.9. The Morgan fingerprint density at radius 3 is 2.29 bits per heavy atom. The molecule has 7 nitrogen and oxygen atoms in total. The molecule has 3 aromatic carbocycles. The molecule has 0 saturated carbocycles. The summed E-state index contributed by atoms with van der Waals surface area (Å²) in [5.41, 5.74) is 3.11. The Hall–Kier alpha value is -3.36. The summed E-state index contributed by atoms with van der Waals surface area (Å²) in [5.74, 6) is -0.156. The minimum absolute atomic E-state index is 0.0583. The Morgan fingerprint density at radius 1 is 1.00 bits per heavy atom. The summed E-state index contributed by atoms with van der Waals surface area (Å²) < 4.78 is 27.8. The predicted molar refractivity (Wildman–Crippen MR) is 132 cm³/mol. The van der Waals surface area contributed by atoms with E-state index in [2.05, 4.69) is 10.0 Å². The molecule has 2 amide bonds. The highest BCUT2D eigenvalue weighted by atomic mass is 35.5. The summed E-state index contributed by atoms with van der Waals surface area (Å²) in [5, 5.41) is 3.23. The number of hydrogen-bond acceptors (Lipinski definition) is 4. The number of aryl methyl sites for hydroxylation is 1. The Kier molecular flexibility index (Phi) is 6.90. The van der Waals surface area contributed by atoms with Crippen molar-refractivity contribution in [3.63, 3.8) is 0 Å². The van der Waals surface area contributed by atoms with Gasteiger partial charge in [-0.2, -0.15) is 0 Å². The van der Waals surface area contributed by atoms with Gasteiger partial charge in [0.2, 0.25) is 5.91 Å². The first kappa shape index (κ1) is 23.8. The fourth-order valence-corrected chi connectivity index (χ4v) is 4.87. The molecule has 0 spiro atoms. The molecule has 2 N–H and O–H groups in total. The monoisotopic (exact) mass is 497 g/mol. The van der Waals surface area contributed by atoms with Gasteiger partial charge in [0.05, 0.1) is 10.6 Å². The number of carbonyl (C=O) groups excluding carboxylic acids is 2. The average molecular weight is 498 g/mol. The standard InChI is InChI=1S/C25H24ClN3O4S/c1-17-4-9-21(15-23(17)26)28-34(32,33)22-12-10-20(11-13-22)27-25(31)19-7-5-18(6-8-19)16-29-14-2-3-24(29)30/h4-13,15,28H,2-3,14,16H2,1H3,(H,27,31). The minimum atomic E-state index is -3.81. The number of benzene rings is 3. The molecule has 1 fully saturated rings. The summed E-state index contributed by atoms with van der Waals surface area (Å²) >= 11 is 6.07. The van der Waals surface area contributed by atoms with E-state index < -0.39 is 10.0 Å². The van der Waals surface area contributed by atoms with Gasteiger partial charge in [-0.3, -0.25) is 14.3 Å². The molecule has 0 unspecified atom stereocenters. The number of sulfonamides is 1. The first-order valence-electron chi connectivity index (χ1n) is 10.8. The Morgan fingerprint density at radius 2 is 1.68 bits per heavy atom. The van der Waals surface area contributed by atoms with Crippen LogP contribution in [0.2, 0.25) is 5.02 Å². The Balaban J connectivity index is 1.38. The van der Waals surface area contributed by atoms with E-state index in [1.54, 1.807) is 30.3 Å². The molecule has 34 heavy (non-hydrogen) atoms. The normalized spacial score (nSPS) is 13.7. The average Bonchev–Trinajstić information content (AvgIpc) is 3.21. The molecule has 9 heteroatoms. The molecule has 176 valence electrons. The van der Waals surface area contributed by atoms with E-state index in [1.165, 1.54) is 24.3 Å². The second-order valence-electron chi connectivity index (χ2n) is 8.16. The van der Waals surface area contributed by atoms with E-state index in [9.17, 15) is 18.0 Å². The molecule has 0 bridgehead atoms. The van der Waals surface area contributed by atoms with Gasteiger partial charge in [0, 0.05) is 35.8 Å². The van der Waals surface area contributed by atoms with E-state index >= 15 is 0 Å². The van der Waals surface area contributed by atoms with Gasteiger partial charge in [-0.05, 0) is 73.0 Å². The molecule has 1 aliphatic rings. The fourth-order valence-electron chi connectivity index (χ4n) is 3.64. The zero-order chi connectivity index (χ0) is 24.3. The third-order valence-electron chi connectivity index (χ3n) is 5.61. The van der Waals surface area contributed by atoms with Crippen LogP contribution < -0.4 is 10.0 Å². The molecule has 0 radical (unpaired) electrons. The molecular formula is C25H24ClN3O4S. The molecule has 4 rings (SSSR count). The van der Waals surface area contributed by atoms with Crippen molar-refractivity contribution in [3.8, 4) is 0 Å². The van der Waals surface area contributed by atoms with Crippen LogP contribution in [0.5, 0.6) is 0 Å². The number of hydrogen-bond donors (Lipinski definition) is 2. The van der Waals surface area contributed by atoms with Crippen molar-refractivity contribution in [2.75, 3.05) is 16.6 Å².